The van der Waals surface area contributed by atoms with Crippen LogP contribution in [0.5, 0.6) is 0 Å². The molecule has 1 aromatic rings. The fraction of sp³-hybridized carbons (Fsp3) is 0.529. The van der Waals surface area contributed by atoms with Crippen LogP contribution in [0, 0.1) is 17.0 Å². The third-order valence-corrected chi connectivity index (χ3v) is 6.30. The maximum absolute atomic E-state index is 12.6. The summed E-state index contributed by atoms with van der Waals surface area (Å²) in [5, 5.41) is 11.0. The molecule has 0 aliphatic carbocycles. The number of carbonyl (C=O) groups is 2. The topological polar surface area (TPSA) is 124 Å². The minimum Gasteiger partial charge on any atom is -0.449 e. The van der Waals surface area contributed by atoms with Gasteiger partial charge in [-0.15, -0.1) is 0 Å². The quantitative estimate of drug-likeness (QED) is 0.404. The van der Waals surface area contributed by atoms with Gasteiger partial charge in [0.05, 0.1) is 22.0 Å². The van der Waals surface area contributed by atoms with E-state index in [4.69, 9.17) is 4.74 Å². The number of benzene rings is 1. The van der Waals surface area contributed by atoms with Crippen molar-refractivity contribution in [3.8, 4) is 0 Å². The van der Waals surface area contributed by atoms with Gasteiger partial charge in [0.2, 0.25) is 0 Å². The third-order valence-electron chi connectivity index (χ3n) is 4.55. The molecule has 10 heteroatoms. The number of aryl methyl sites for hydroxylation is 1. The number of nitro benzene ring substituents is 1. The zero-order valence-corrected chi connectivity index (χ0v) is 16.2. The summed E-state index contributed by atoms with van der Waals surface area (Å²) in [4.78, 5) is 36.7. The minimum atomic E-state index is -3.16. The molecule has 27 heavy (non-hydrogen) atoms. The number of sulfone groups is 1. The van der Waals surface area contributed by atoms with Crippen molar-refractivity contribution in [2.45, 2.75) is 39.3 Å². The molecule has 0 N–H and O–H groups in total. The van der Waals surface area contributed by atoms with Crippen LogP contribution in [0.1, 0.15) is 36.2 Å². The summed E-state index contributed by atoms with van der Waals surface area (Å²) >= 11 is 0. The second-order valence-corrected chi connectivity index (χ2v) is 8.72. The van der Waals surface area contributed by atoms with E-state index in [1.165, 1.54) is 24.0 Å². The first-order valence-electron chi connectivity index (χ1n) is 8.52. The first-order chi connectivity index (χ1) is 12.6. The highest BCUT2D eigenvalue weighted by atomic mass is 32.2. The molecule has 9 nitrogen and oxygen atoms in total. The molecule has 148 valence electrons. The van der Waals surface area contributed by atoms with E-state index in [9.17, 15) is 28.1 Å². The van der Waals surface area contributed by atoms with Crippen molar-refractivity contribution >= 4 is 27.4 Å². The molecule has 2 atom stereocenters. The van der Waals surface area contributed by atoms with Crippen molar-refractivity contribution in [3.63, 3.8) is 0 Å². The van der Waals surface area contributed by atoms with Gasteiger partial charge in [-0.05, 0) is 33.3 Å². The Morgan fingerprint density at radius 1 is 1.41 bits per heavy atom. The summed E-state index contributed by atoms with van der Waals surface area (Å²) in [5.74, 6) is -1.41. The maximum atomic E-state index is 12.6. The van der Waals surface area contributed by atoms with Crippen LogP contribution in [0.2, 0.25) is 0 Å². The molecule has 2 rings (SSSR count). The van der Waals surface area contributed by atoms with Gasteiger partial charge in [0.15, 0.2) is 15.9 Å². The smallest absolute Gasteiger partial charge is 0.339 e. The average Bonchev–Trinajstić information content (AvgIpc) is 2.95. The molecule has 0 aromatic heterocycles. The highest BCUT2D eigenvalue weighted by Gasteiger charge is 2.36. The molecule has 1 amide bonds. The molecule has 0 radical (unpaired) electrons. The van der Waals surface area contributed by atoms with Crippen LogP contribution in [-0.4, -0.2) is 60.3 Å². The van der Waals surface area contributed by atoms with Gasteiger partial charge < -0.3 is 9.64 Å². The van der Waals surface area contributed by atoms with E-state index in [2.05, 4.69) is 0 Å². The van der Waals surface area contributed by atoms with E-state index in [0.29, 0.717) is 12.0 Å². The number of hydrogen-bond acceptors (Lipinski definition) is 7. The van der Waals surface area contributed by atoms with Crippen LogP contribution in [0.3, 0.4) is 0 Å². The summed E-state index contributed by atoms with van der Waals surface area (Å²) in [7, 11) is -3.16. The number of likely N-dealkylation sites (N-methyl/N-ethyl adjacent to an activating group) is 1. The maximum Gasteiger partial charge on any atom is 0.339 e. The second kappa shape index (κ2) is 8.03. The molecule has 0 unspecified atom stereocenters. The van der Waals surface area contributed by atoms with E-state index >= 15 is 0 Å². The molecule has 1 fully saturated rings. The summed E-state index contributed by atoms with van der Waals surface area (Å²) < 4.78 is 28.5. The van der Waals surface area contributed by atoms with Gasteiger partial charge >= 0.3 is 5.97 Å². The lowest BCUT2D eigenvalue weighted by molar-refractivity contribution is -0.385. The largest absolute Gasteiger partial charge is 0.449 e. The third kappa shape index (κ3) is 4.82. The molecular formula is C17H22N2O7S. The van der Waals surface area contributed by atoms with Gasteiger partial charge in [0.1, 0.15) is 0 Å². The minimum absolute atomic E-state index is 0.0292. The summed E-state index contributed by atoms with van der Waals surface area (Å²) in [6.45, 7) is 4.96. The zero-order valence-electron chi connectivity index (χ0n) is 15.4. The molecular weight excluding hydrogens is 376 g/mol. The van der Waals surface area contributed by atoms with Crippen molar-refractivity contribution in [2.24, 2.45) is 0 Å². The number of hydrogen-bond donors (Lipinski definition) is 0. The highest BCUT2D eigenvalue weighted by molar-refractivity contribution is 7.91. The predicted molar refractivity (Wildman–Crippen MR) is 97.2 cm³/mol. The standard InChI is InChI=1S/C17H22N2O7S/c1-4-18(14-7-8-27(24,25)10-14)16(20)12(3)26-17(21)13-6-5-11(2)15(9-13)19(22)23/h5-6,9,12,14H,4,7-8,10H2,1-3H3/t12-,14-/m1/s1. The normalized spacial score (nSPS) is 19.3. The molecule has 0 spiro atoms. The SMILES string of the molecule is CCN(C(=O)[C@@H](C)OC(=O)c1ccc(C)c([N+](=O)[O-])c1)[C@@H]1CCS(=O)(=O)C1. The average molecular weight is 398 g/mol. The van der Waals surface area contributed by atoms with Gasteiger partial charge in [-0.2, -0.15) is 0 Å². The van der Waals surface area contributed by atoms with E-state index in [0.717, 1.165) is 6.07 Å². The van der Waals surface area contributed by atoms with Crippen molar-refractivity contribution in [1.82, 2.24) is 4.90 Å². The summed E-state index contributed by atoms with van der Waals surface area (Å²) in [6, 6.07) is 3.50. The van der Waals surface area contributed by atoms with Gasteiger partial charge in [-0.3, -0.25) is 14.9 Å². The zero-order chi connectivity index (χ0) is 20.4. The van der Waals surface area contributed by atoms with Crippen LogP contribution in [-0.2, 0) is 19.4 Å². The molecule has 1 aliphatic heterocycles. The molecule has 1 aliphatic rings. The predicted octanol–water partition coefficient (Wildman–Crippen LogP) is 1.48. The van der Waals surface area contributed by atoms with Crippen LogP contribution >= 0.6 is 0 Å². The molecule has 0 saturated carbocycles. The Hall–Kier alpha value is -2.49. The Labute approximate surface area is 157 Å². The van der Waals surface area contributed by atoms with E-state index in [1.54, 1.807) is 13.8 Å². The molecule has 1 heterocycles. The van der Waals surface area contributed by atoms with Gasteiger partial charge in [0, 0.05) is 24.2 Å². The molecule has 1 aromatic carbocycles. The second-order valence-electron chi connectivity index (χ2n) is 6.49. The van der Waals surface area contributed by atoms with Crippen molar-refractivity contribution in [1.29, 1.82) is 0 Å². The lowest BCUT2D eigenvalue weighted by atomic mass is 10.1. The van der Waals surface area contributed by atoms with Crippen molar-refractivity contribution in [2.75, 3.05) is 18.1 Å². The molecule has 1 saturated heterocycles. The summed E-state index contributed by atoms with van der Waals surface area (Å²) in [5.41, 5.74) is 0.161. The number of amides is 1. The Kier molecular flexibility index (Phi) is 6.19. The molecule has 0 bridgehead atoms. The Morgan fingerprint density at radius 2 is 2.07 bits per heavy atom. The number of nitrogens with zero attached hydrogens (tertiary/aromatic N) is 2. The van der Waals surface area contributed by atoms with Crippen LogP contribution in [0.25, 0.3) is 0 Å². The first-order valence-corrected chi connectivity index (χ1v) is 10.3. The lowest BCUT2D eigenvalue weighted by Crippen LogP contribution is -2.46. The van der Waals surface area contributed by atoms with Crippen LogP contribution in [0.4, 0.5) is 5.69 Å². The Morgan fingerprint density at radius 3 is 2.59 bits per heavy atom. The lowest BCUT2D eigenvalue weighted by Gasteiger charge is -2.29. The van der Waals surface area contributed by atoms with Gasteiger partial charge in [0.25, 0.3) is 11.6 Å². The number of esters is 1. The fourth-order valence-electron chi connectivity index (χ4n) is 3.06. The Balaban J connectivity index is 2.10. The number of rotatable bonds is 6. The van der Waals surface area contributed by atoms with E-state index in [1.807, 2.05) is 0 Å². The van der Waals surface area contributed by atoms with E-state index < -0.39 is 38.8 Å². The monoisotopic (exact) mass is 398 g/mol. The van der Waals surface area contributed by atoms with Gasteiger partial charge in [-0.25, -0.2) is 13.2 Å². The van der Waals surface area contributed by atoms with Crippen LogP contribution < -0.4 is 0 Å². The highest BCUT2D eigenvalue weighted by Crippen LogP contribution is 2.21. The number of ether oxygens (including phenoxy) is 1. The summed E-state index contributed by atoms with van der Waals surface area (Å²) in [6.07, 6.45) is -0.784. The number of carbonyl (C=O) groups excluding carboxylic acids is 2. The number of nitro groups is 1. The van der Waals surface area contributed by atoms with Crippen molar-refractivity contribution in [3.05, 3.63) is 39.4 Å². The van der Waals surface area contributed by atoms with Crippen LogP contribution in [0.15, 0.2) is 18.2 Å². The first kappa shape index (κ1) is 20.8. The fourth-order valence-corrected chi connectivity index (χ4v) is 4.79. The van der Waals surface area contributed by atoms with Crippen molar-refractivity contribution < 1.29 is 27.7 Å². The van der Waals surface area contributed by atoms with E-state index in [-0.39, 0.29) is 29.3 Å². The van der Waals surface area contributed by atoms with Gasteiger partial charge in [-0.1, -0.05) is 6.07 Å². The Bertz CT molecular complexity index is 866.